The maximum atomic E-state index is 11.8. The molecule has 0 spiro atoms. The van der Waals surface area contributed by atoms with E-state index < -0.39 is 5.97 Å². The minimum atomic E-state index is -0.591. The van der Waals surface area contributed by atoms with Crippen LogP contribution in [0, 0.1) is 20.8 Å². The number of amides is 1. The Labute approximate surface area is 141 Å². The molecule has 0 aromatic heterocycles. The maximum absolute atomic E-state index is 11.8. The van der Waals surface area contributed by atoms with E-state index in [0.717, 1.165) is 16.7 Å². The van der Waals surface area contributed by atoms with Gasteiger partial charge in [-0.05, 0) is 61.7 Å². The Balaban J connectivity index is 1.75. The zero-order valence-corrected chi connectivity index (χ0v) is 14.1. The minimum Gasteiger partial charge on any atom is -0.482 e. The average Bonchev–Trinajstić information content (AvgIpc) is 2.50. The van der Waals surface area contributed by atoms with Crippen LogP contribution in [0.15, 0.2) is 42.5 Å². The quantitative estimate of drug-likeness (QED) is 0.828. The summed E-state index contributed by atoms with van der Waals surface area (Å²) in [6, 6.07) is 13.1. The monoisotopic (exact) mass is 327 g/mol. The highest BCUT2D eigenvalue weighted by atomic mass is 16.6. The zero-order chi connectivity index (χ0) is 17.5. The third-order valence-corrected chi connectivity index (χ3v) is 3.22. The fourth-order valence-electron chi connectivity index (χ4n) is 2.28. The van der Waals surface area contributed by atoms with E-state index in [1.54, 1.807) is 6.07 Å². The minimum absolute atomic E-state index is 0.236. The molecule has 5 nitrogen and oxygen atoms in total. The van der Waals surface area contributed by atoms with E-state index in [1.807, 2.05) is 57.2 Å². The summed E-state index contributed by atoms with van der Waals surface area (Å²) in [5.74, 6) is -0.386. The van der Waals surface area contributed by atoms with E-state index in [1.165, 1.54) is 0 Å². The van der Waals surface area contributed by atoms with Gasteiger partial charge in [0, 0.05) is 5.69 Å². The molecule has 0 saturated heterocycles. The summed E-state index contributed by atoms with van der Waals surface area (Å²) in [5.41, 5.74) is 3.82. The second kappa shape index (κ2) is 8.15. The normalized spacial score (nSPS) is 10.1. The first kappa shape index (κ1) is 17.5. The second-order valence-corrected chi connectivity index (χ2v) is 5.69. The molecule has 0 aliphatic rings. The molecular formula is C19H21NO4. The molecule has 0 atom stereocenters. The van der Waals surface area contributed by atoms with E-state index in [-0.39, 0.29) is 19.1 Å². The van der Waals surface area contributed by atoms with Crippen molar-refractivity contribution < 1.29 is 19.1 Å². The van der Waals surface area contributed by atoms with Crippen LogP contribution in [0.1, 0.15) is 16.7 Å². The van der Waals surface area contributed by atoms with Crippen molar-refractivity contribution >= 4 is 17.6 Å². The van der Waals surface area contributed by atoms with Gasteiger partial charge in [-0.1, -0.05) is 18.2 Å². The molecular weight excluding hydrogens is 306 g/mol. The molecule has 2 aromatic rings. The van der Waals surface area contributed by atoms with Crippen LogP contribution in [0.3, 0.4) is 0 Å². The average molecular weight is 327 g/mol. The molecule has 0 unspecified atom stereocenters. The van der Waals surface area contributed by atoms with Crippen LogP contribution in [0.2, 0.25) is 0 Å². The van der Waals surface area contributed by atoms with E-state index >= 15 is 0 Å². The lowest BCUT2D eigenvalue weighted by molar-refractivity contribution is -0.149. The second-order valence-electron chi connectivity index (χ2n) is 5.69. The van der Waals surface area contributed by atoms with Gasteiger partial charge >= 0.3 is 5.97 Å². The number of hydrogen-bond acceptors (Lipinski definition) is 4. The third-order valence-electron chi connectivity index (χ3n) is 3.22. The van der Waals surface area contributed by atoms with Crippen LogP contribution in [-0.2, 0) is 14.3 Å². The van der Waals surface area contributed by atoms with Crippen molar-refractivity contribution in [1.82, 2.24) is 0 Å². The molecule has 0 fully saturated rings. The van der Waals surface area contributed by atoms with Gasteiger partial charge < -0.3 is 14.8 Å². The van der Waals surface area contributed by atoms with Gasteiger partial charge in [-0.25, -0.2) is 4.79 Å². The fraction of sp³-hybridized carbons (Fsp3) is 0.263. The number of anilines is 1. The van der Waals surface area contributed by atoms with Crippen molar-refractivity contribution in [3.63, 3.8) is 0 Å². The smallest absolute Gasteiger partial charge is 0.344 e. The highest BCUT2D eigenvalue weighted by molar-refractivity contribution is 5.93. The van der Waals surface area contributed by atoms with Gasteiger partial charge in [0.05, 0.1) is 0 Å². The molecule has 0 heterocycles. The van der Waals surface area contributed by atoms with Crippen molar-refractivity contribution in [3.05, 3.63) is 59.2 Å². The SMILES string of the molecule is Cc1cc(C)cc(NC(=O)COC(=O)COc2cccc(C)c2)c1. The van der Waals surface area contributed by atoms with Crippen LogP contribution in [-0.4, -0.2) is 25.1 Å². The summed E-state index contributed by atoms with van der Waals surface area (Å²) in [7, 11) is 0. The lowest BCUT2D eigenvalue weighted by Gasteiger charge is -2.09. The number of ether oxygens (including phenoxy) is 2. The number of hydrogen-bond donors (Lipinski definition) is 1. The van der Waals surface area contributed by atoms with Crippen LogP contribution in [0.25, 0.3) is 0 Å². The first-order valence-electron chi connectivity index (χ1n) is 7.65. The highest BCUT2D eigenvalue weighted by Gasteiger charge is 2.09. The molecule has 24 heavy (non-hydrogen) atoms. The highest BCUT2D eigenvalue weighted by Crippen LogP contribution is 2.14. The molecule has 2 aromatic carbocycles. The number of carbonyl (C=O) groups is 2. The van der Waals surface area contributed by atoms with Crippen LogP contribution < -0.4 is 10.1 Å². The Morgan fingerprint density at radius 1 is 0.917 bits per heavy atom. The Hall–Kier alpha value is -2.82. The Bertz CT molecular complexity index is 720. The lowest BCUT2D eigenvalue weighted by Crippen LogP contribution is -2.23. The summed E-state index contributed by atoms with van der Waals surface area (Å²) in [4.78, 5) is 23.5. The Kier molecular flexibility index (Phi) is 5.95. The molecule has 0 aliphatic carbocycles. The first-order chi connectivity index (χ1) is 11.4. The van der Waals surface area contributed by atoms with Crippen molar-refractivity contribution in [2.24, 2.45) is 0 Å². The molecule has 5 heteroatoms. The zero-order valence-electron chi connectivity index (χ0n) is 14.1. The van der Waals surface area contributed by atoms with E-state index in [2.05, 4.69) is 5.32 Å². The van der Waals surface area contributed by atoms with Crippen LogP contribution >= 0.6 is 0 Å². The molecule has 0 bridgehead atoms. The maximum Gasteiger partial charge on any atom is 0.344 e. The predicted molar refractivity (Wildman–Crippen MR) is 92.2 cm³/mol. The summed E-state index contributed by atoms with van der Waals surface area (Å²) in [6.45, 7) is 5.25. The van der Waals surface area contributed by atoms with E-state index in [0.29, 0.717) is 11.4 Å². The standard InChI is InChI=1S/C19H21NO4/c1-13-5-4-6-17(10-13)23-12-19(22)24-11-18(21)20-16-8-14(2)7-15(3)9-16/h4-10H,11-12H2,1-3H3,(H,20,21). The number of esters is 1. The van der Waals surface area contributed by atoms with Gasteiger partial charge in [-0.2, -0.15) is 0 Å². The topological polar surface area (TPSA) is 64.6 Å². The van der Waals surface area contributed by atoms with E-state index in [9.17, 15) is 9.59 Å². The van der Waals surface area contributed by atoms with Gasteiger partial charge in [0.1, 0.15) is 5.75 Å². The number of carbonyl (C=O) groups excluding carboxylic acids is 2. The molecule has 0 saturated carbocycles. The molecule has 126 valence electrons. The van der Waals surface area contributed by atoms with Crippen molar-refractivity contribution in [2.45, 2.75) is 20.8 Å². The van der Waals surface area contributed by atoms with Crippen molar-refractivity contribution in [1.29, 1.82) is 0 Å². The predicted octanol–water partition coefficient (Wildman–Crippen LogP) is 3.17. The van der Waals surface area contributed by atoms with Gasteiger partial charge in [-0.3, -0.25) is 4.79 Å². The number of rotatable bonds is 6. The molecule has 1 N–H and O–H groups in total. The Morgan fingerprint density at radius 3 is 2.29 bits per heavy atom. The number of aryl methyl sites for hydroxylation is 3. The largest absolute Gasteiger partial charge is 0.482 e. The van der Waals surface area contributed by atoms with E-state index in [4.69, 9.17) is 9.47 Å². The third kappa shape index (κ3) is 5.76. The summed E-state index contributed by atoms with van der Waals surface area (Å²) in [6.07, 6.45) is 0. The molecule has 0 radical (unpaired) electrons. The van der Waals surface area contributed by atoms with Gasteiger partial charge in [0.15, 0.2) is 13.2 Å². The number of benzene rings is 2. The summed E-state index contributed by atoms with van der Waals surface area (Å²) < 4.78 is 10.2. The van der Waals surface area contributed by atoms with Crippen molar-refractivity contribution in [2.75, 3.05) is 18.5 Å². The van der Waals surface area contributed by atoms with Gasteiger partial charge in [0.25, 0.3) is 5.91 Å². The van der Waals surface area contributed by atoms with Crippen LogP contribution in [0.4, 0.5) is 5.69 Å². The lowest BCUT2D eigenvalue weighted by atomic mass is 10.1. The molecule has 2 rings (SSSR count). The first-order valence-corrected chi connectivity index (χ1v) is 7.65. The molecule has 1 amide bonds. The Morgan fingerprint density at radius 2 is 1.62 bits per heavy atom. The fourth-order valence-corrected chi connectivity index (χ4v) is 2.28. The van der Waals surface area contributed by atoms with Gasteiger partial charge in [0.2, 0.25) is 0 Å². The van der Waals surface area contributed by atoms with Crippen molar-refractivity contribution in [3.8, 4) is 5.75 Å². The summed E-state index contributed by atoms with van der Waals surface area (Å²) in [5, 5.41) is 2.70. The molecule has 0 aliphatic heterocycles. The van der Waals surface area contributed by atoms with Gasteiger partial charge in [-0.15, -0.1) is 0 Å². The number of nitrogens with one attached hydrogen (secondary N) is 1. The summed E-state index contributed by atoms with van der Waals surface area (Å²) >= 11 is 0. The van der Waals surface area contributed by atoms with Crippen LogP contribution in [0.5, 0.6) is 5.75 Å².